The lowest BCUT2D eigenvalue weighted by Crippen LogP contribution is -2.31. The van der Waals surface area contributed by atoms with Crippen molar-refractivity contribution in [1.82, 2.24) is 4.98 Å². The van der Waals surface area contributed by atoms with E-state index in [0.717, 1.165) is 21.3 Å². The van der Waals surface area contributed by atoms with Gasteiger partial charge in [-0.2, -0.15) is 0 Å². The van der Waals surface area contributed by atoms with E-state index in [9.17, 15) is 13.2 Å². The minimum absolute atomic E-state index is 0.152. The predicted molar refractivity (Wildman–Crippen MR) is 129 cm³/mol. The molecule has 0 saturated carbocycles. The Hall–Kier alpha value is -3.17. The smallest absolute Gasteiger partial charge is 0.230 e. The zero-order chi connectivity index (χ0) is 23.6. The monoisotopic (exact) mass is 484 g/mol. The zero-order valence-corrected chi connectivity index (χ0v) is 20.2. The molecule has 0 saturated heterocycles. The number of methoxy groups -OCH3 is 1. The highest BCUT2D eigenvalue weighted by Crippen LogP contribution is 2.32. The lowest BCUT2D eigenvalue weighted by Gasteiger charge is -2.18. The molecule has 4 rings (SSSR count). The second kappa shape index (κ2) is 9.36. The summed E-state index contributed by atoms with van der Waals surface area (Å²) in [7, 11) is -2.12. The molecule has 0 radical (unpaired) electrons. The summed E-state index contributed by atoms with van der Waals surface area (Å²) in [6.45, 7) is 4.22. The van der Waals surface area contributed by atoms with E-state index < -0.39 is 9.84 Å². The Morgan fingerprint density at radius 1 is 1.12 bits per heavy atom. The van der Waals surface area contributed by atoms with Gasteiger partial charge >= 0.3 is 0 Å². The number of rotatable bonds is 8. The number of benzene rings is 2. The number of nitrogens with zero attached hydrogens (tertiary/aromatic N) is 2. The quantitative estimate of drug-likeness (QED) is 0.353. The summed E-state index contributed by atoms with van der Waals surface area (Å²) in [6, 6.07) is 13.7. The van der Waals surface area contributed by atoms with Gasteiger partial charge < -0.3 is 9.15 Å². The molecule has 4 aromatic rings. The Morgan fingerprint density at radius 2 is 1.85 bits per heavy atom. The van der Waals surface area contributed by atoms with Crippen LogP contribution in [0.25, 0.3) is 10.2 Å². The van der Waals surface area contributed by atoms with Gasteiger partial charge in [0.15, 0.2) is 15.0 Å². The van der Waals surface area contributed by atoms with Crippen LogP contribution in [-0.4, -0.2) is 32.2 Å². The Balaban J connectivity index is 1.58. The first-order valence-electron chi connectivity index (χ1n) is 10.3. The standard InChI is InChI=1S/C24H24N2O5S2/c1-16-13-21-22(14-17(16)2)32-24(25-21)26(15-19-5-4-11-31-19)23(27)10-12-33(28,29)20-8-6-18(30-3)7-9-20/h4-9,11,13-14H,10,12,15H2,1-3H3. The van der Waals surface area contributed by atoms with Crippen LogP contribution in [0.2, 0.25) is 0 Å². The van der Waals surface area contributed by atoms with Crippen LogP contribution in [-0.2, 0) is 21.2 Å². The van der Waals surface area contributed by atoms with E-state index in [1.807, 2.05) is 19.9 Å². The van der Waals surface area contributed by atoms with E-state index in [0.29, 0.717) is 16.6 Å². The van der Waals surface area contributed by atoms with Crippen molar-refractivity contribution in [1.29, 1.82) is 0 Å². The SMILES string of the molecule is COc1ccc(S(=O)(=O)CCC(=O)N(Cc2ccco2)c2nc3cc(C)c(C)cc3s2)cc1. The Morgan fingerprint density at radius 3 is 2.52 bits per heavy atom. The number of carbonyl (C=O) groups excluding carboxylic acids is 1. The molecular weight excluding hydrogens is 460 g/mol. The highest BCUT2D eigenvalue weighted by molar-refractivity contribution is 7.91. The van der Waals surface area contributed by atoms with Crippen molar-refractivity contribution in [2.45, 2.75) is 31.7 Å². The first kappa shape index (κ1) is 23.0. The fraction of sp³-hybridized carbons (Fsp3) is 0.250. The molecule has 2 aromatic carbocycles. The lowest BCUT2D eigenvalue weighted by atomic mass is 10.1. The van der Waals surface area contributed by atoms with E-state index >= 15 is 0 Å². The number of fused-ring (bicyclic) bond motifs is 1. The fourth-order valence-electron chi connectivity index (χ4n) is 3.36. The minimum atomic E-state index is -3.64. The summed E-state index contributed by atoms with van der Waals surface area (Å²) in [5.41, 5.74) is 3.07. The first-order valence-corrected chi connectivity index (χ1v) is 12.8. The second-order valence-corrected chi connectivity index (χ2v) is 10.8. The van der Waals surface area contributed by atoms with E-state index in [2.05, 4.69) is 11.1 Å². The average molecular weight is 485 g/mol. The number of hydrogen-bond donors (Lipinski definition) is 0. The summed E-state index contributed by atoms with van der Waals surface area (Å²) in [4.78, 5) is 19.5. The van der Waals surface area contributed by atoms with Crippen LogP contribution in [0.4, 0.5) is 5.13 Å². The number of carbonyl (C=O) groups is 1. The number of ether oxygens (including phenoxy) is 1. The molecule has 0 aliphatic rings. The Bertz CT molecular complexity index is 1340. The van der Waals surface area contributed by atoms with Gasteiger partial charge in [-0.05, 0) is 73.5 Å². The van der Waals surface area contributed by atoms with Crippen LogP contribution in [0.5, 0.6) is 5.75 Å². The number of thiazole rings is 1. The maximum absolute atomic E-state index is 13.2. The molecule has 0 bridgehead atoms. The number of furan rings is 1. The van der Waals surface area contributed by atoms with Gasteiger partial charge in [0.25, 0.3) is 0 Å². The van der Waals surface area contributed by atoms with Crippen LogP contribution in [0.3, 0.4) is 0 Å². The molecule has 0 spiro atoms. The van der Waals surface area contributed by atoms with Crippen molar-refractivity contribution in [2.24, 2.45) is 0 Å². The van der Waals surface area contributed by atoms with Crippen LogP contribution >= 0.6 is 11.3 Å². The fourth-order valence-corrected chi connectivity index (χ4v) is 5.65. The van der Waals surface area contributed by atoms with Crippen LogP contribution in [0, 0.1) is 13.8 Å². The molecule has 1 amide bonds. The van der Waals surface area contributed by atoms with Crippen molar-refractivity contribution in [2.75, 3.05) is 17.8 Å². The van der Waals surface area contributed by atoms with Gasteiger partial charge in [0.1, 0.15) is 11.5 Å². The summed E-state index contributed by atoms with van der Waals surface area (Å²) in [5.74, 6) is 0.510. The molecule has 9 heteroatoms. The lowest BCUT2D eigenvalue weighted by molar-refractivity contribution is -0.118. The average Bonchev–Trinajstić information content (AvgIpc) is 3.46. The number of amides is 1. The van der Waals surface area contributed by atoms with Crippen molar-refractivity contribution in [3.8, 4) is 5.75 Å². The number of aromatic nitrogens is 1. The molecule has 0 atom stereocenters. The minimum Gasteiger partial charge on any atom is -0.497 e. The molecule has 7 nitrogen and oxygen atoms in total. The van der Waals surface area contributed by atoms with Crippen LogP contribution in [0.15, 0.2) is 64.1 Å². The van der Waals surface area contributed by atoms with Gasteiger partial charge in [-0.25, -0.2) is 13.4 Å². The second-order valence-electron chi connectivity index (χ2n) is 7.70. The summed E-state index contributed by atoms with van der Waals surface area (Å²) in [6.07, 6.45) is 1.36. The van der Waals surface area contributed by atoms with Crippen molar-refractivity contribution >= 4 is 42.4 Å². The normalized spacial score (nSPS) is 11.6. The van der Waals surface area contributed by atoms with E-state index in [1.165, 1.54) is 41.7 Å². The zero-order valence-electron chi connectivity index (χ0n) is 18.6. The van der Waals surface area contributed by atoms with Crippen molar-refractivity contribution in [3.63, 3.8) is 0 Å². The number of aryl methyl sites for hydroxylation is 2. The van der Waals surface area contributed by atoms with Gasteiger partial charge in [0.05, 0.1) is 40.8 Å². The molecule has 172 valence electrons. The van der Waals surface area contributed by atoms with Crippen LogP contribution in [0.1, 0.15) is 23.3 Å². The maximum atomic E-state index is 13.2. The van der Waals surface area contributed by atoms with Gasteiger partial charge in [0, 0.05) is 6.42 Å². The van der Waals surface area contributed by atoms with E-state index in [4.69, 9.17) is 9.15 Å². The van der Waals surface area contributed by atoms with Gasteiger partial charge in [-0.3, -0.25) is 9.69 Å². The largest absolute Gasteiger partial charge is 0.497 e. The maximum Gasteiger partial charge on any atom is 0.230 e. The van der Waals surface area contributed by atoms with Gasteiger partial charge in [-0.1, -0.05) is 11.3 Å². The number of hydrogen-bond acceptors (Lipinski definition) is 7. The number of sulfone groups is 1. The summed E-state index contributed by atoms with van der Waals surface area (Å²) < 4.78 is 37.1. The first-order chi connectivity index (χ1) is 15.8. The highest BCUT2D eigenvalue weighted by Gasteiger charge is 2.24. The van der Waals surface area contributed by atoms with E-state index in [1.54, 1.807) is 24.3 Å². The van der Waals surface area contributed by atoms with Gasteiger partial charge in [-0.15, -0.1) is 0 Å². The molecular formula is C24H24N2O5S2. The Labute approximate surface area is 196 Å². The van der Waals surface area contributed by atoms with Gasteiger partial charge in [0.2, 0.25) is 5.91 Å². The van der Waals surface area contributed by atoms with Crippen molar-refractivity contribution in [3.05, 3.63) is 71.7 Å². The van der Waals surface area contributed by atoms with Crippen LogP contribution < -0.4 is 9.64 Å². The molecule has 0 fully saturated rings. The molecule has 33 heavy (non-hydrogen) atoms. The third-order valence-corrected chi connectivity index (χ3v) is 8.19. The third kappa shape index (κ3) is 5.09. The Kier molecular flexibility index (Phi) is 6.53. The summed E-state index contributed by atoms with van der Waals surface area (Å²) >= 11 is 1.40. The highest BCUT2D eigenvalue weighted by atomic mass is 32.2. The van der Waals surface area contributed by atoms with Crippen molar-refractivity contribution < 1.29 is 22.4 Å². The molecule has 2 aromatic heterocycles. The molecule has 0 unspecified atom stereocenters. The molecule has 0 N–H and O–H groups in total. The molecule has 0 aliphatic heterocycles. The predicted octanol–water partition coefficient (Wildman–Crippen LogP) is 4.91. The summed E-state index contributed by atoms with van der Waals surface area (Å²) in [5, 5.41) is 0.512. The third-order valence-electron chi connectivity index (χ3n) is 5.42. The topological polar surface area (TPSA) is 89.7 Å². The van der Waals surface area contributed by atoms with E-state index in [-0.39, 0.29) is 29.5 Å². The molecule has 2 heterocycles. The molecule has 0 aliphatic carbocycles. The number of anilines is 1.